The zero-order valence-corrected chi connectivity index (χ0v) is 16.2. The maximum atomic E-state index is 13.1. The monoisotopic (exact) mass is 391 g/mol. The molecular formula is C22H22FN5O. The Kier molecular flexibility index (Phi) is 5.37. The molecule has 4 rings (SSSR count). The average molecular weight is 391 g/mol. The predicted octanol–water partition coefficient (Wildman–Crippen LogP) is 3.63. The largest absolute Gasteiger partial charge is 0.368 e. The summed E-state index contributed by atoms with van der Waals surface area (Å²) < 4.78 is 13.1. The predicted molar refractivity (Wildman–Crippen MR) is 111 cm³/mol. The second kappa shape index (κ2) is 8.26. The number of piperazine rings is 1. The molecule has 2 aromatic carbocycles. The van der Waals surface area contributed by atoms with Gasteiger partial charge in [0.15, 0.2) is 0 Å². The molecule has 0 atom stereocenters. The summed E-state index contributed by atoms with van der Waals surface area (Å²) in [5, 5.41) is 3.20. The lowest BCUT2D eigenvalue weighted by molar-refractivity contribution is 0.0740. The molecule has 1 aliphatic rings. The Labute approximate surface area is 169 Å². The lowest BCUT2D eigenvalue weighted by Gasteiger charge is -2.36. The Bertz CT molecular complexity index is 983. The van der Waals surface area contributed by atoms with Gasteiger partial charge in [-0.1, -0.05) is 17.7 Å². The van der Waals surface area contributed by atoms with E-state index in [0.717, 1.165) is 11.4 Å². The van der Waals surface area contributed by atoms with Crippen LogP contribution in [0.1, 0.15) is 16.1 Å². The van der Waals surface area contributed by atoms with Crippen molar-refractivity contribution < 1.29 is 9.18 Å². The fourth-order valence-corrected chi connectivity index (χ4v) is 3.31. The van der Waals surface area contributed by atoms with Crippen LogP contribution < -0.4 is 10.2 Å². The van der Waals surface area contributed by atoms with Gasteiger partial charge in [-0.3, -0.25) is 4.79 Å². The Balaban J connectivity index is 1.39. The lowest BCUT2D eigenvalue weighted by atomic mass is 10.2. The molecule has 0 unspecified atom stereocenters. The van der Waals surface area contributed by atoms with E-state index in [1.165, 1.54) is 24.0 Å². The molecule has 148 valence electrons. The van der Waals surface area contributed by atoms with Crippen LogP contribution in [0.15, 0.2) is 60.9 Å². The van der Waals surface area contributed by atoms with Gasteiger partial charge in [0.25, 0.3) is 5.91 Å². The first-order valence-electron chi connectivity index (χ1n) is 9.54. The van der Waals surface area contributed by atoms with Gasteiger partial charge in [0.2, 0.25) is 0 Å². The van der Waals surface area contributed by atoms with E-state index in [9.17, 15) is 9.18 Å². The van der Waals surface area contributed by atoms with Crippen molar-refractivity contribution in [3.63, 3.8) is 0 Å². The molecule has 0 spiro atoms. The standard InChI is InChI=1S/C22H22FN5O/c1-16-2-6-18(7-3-16)26-21-14-20(24-15-25-21)22(29)28-12-10-27(11-13-28)19-8-4-17(23)5-9-19/h2-9,14-15H,10-13H2,1H3,(H,24,25,26). The molecular weight excluding hydrogens is 369 g/mol. The molecule has 1 fully saturated rings. The summed E-state index contributed by atoms with van der Waals surface area (Å²) >= 11 is 0. The SMILES string of the molecule is Cc1ccc(Nc2cc(C(=O)N3CCN(c4ccc(F)cc4)CC3)ncn2)cc1. The van der Waals surface area contributed by atoms with Crippen LogP contribution in [0.25, 0.3) is 0 Å². The smallest absolute Gasteiger partial charge is 0.272 e. The third-order valence-electron chi connectivity index (χ3n) is 4.97. The van der Waals surface area contributed by atoms with Gasteiger partial charge in [0.05, 0.1) is 0 Å². The second-order valence-corrected chi connectivity index (χ2v) is 7.04. The highest BCUT2D eigenvalue weighted by Gasteiger charge is 2.23. The van der Waals surface area contributed by atoms with E-state index in [-0.39, 0.29) is 11.7 Å². The number of hydrogen-bond donors (Lipinski definition) is 1. The van der Waals surface area contributed by atoms with E-state index in [1.54, 1.807) is 23.1 Å². The fourth-order valence-electron chi connectivity index (χ4n) is 3.31. The summed E-state index contributed by atoms with van der Waals surface area (Å²) in [6.07, 6.45) is 1.40. The summed E-state index contributed by atoms with van der Waals surface area (Å²) in [6, 6.07) is 16.1. The summed E-state index contributed by atoms with van der Waals surface area (Å²) in [6.45, 7) is 4.58. The molecule has 3 aromatic rings. The van der Waals surface area contributed by atoms with E-state index in [2.05, 4.69) is 20.2 Å². The summed E-state index contributed by atoms with van der Waals surface area (Å²) in [5.74, 6) is 0.219. The Hall–Kier alpha value is -3.48. The first kappa shape index (κ1) is 18.9. The highest BCUT2D eigenvalue weighted by atomic mass is 19.1. The Morgan fingerprint density at radius 2 is 1.66 bits per heavy atom. The number of benzene rings is 2. The number of aryl methyl sites for hydroxylation is 1. The molecule has 1 N–H and O–H groups in total. The van der Waals surface area contributed by atoms with Crippen LogP contribution in [0.2, 0.25) is 0 Å². The first-order valence-corrected chi connectivity index (χ1v) is 9.54. The number of nitrogens with one attached hydrogen (secondary N) is 1. The van der Waals surface area contributed by atoms with Gasteiger partial charge in [-0.25, -0.2) is 14.4 Å². The summed E-state index contributed by atoms with van der Waals surface area (Å²) in [5.41, 5.74) is 3.41. The van der Waals surface area contributed by atoms with Crippen LogP contribution in [0.4, 0.5) is 21.6 Å². The maximum absolute atomic E-state index is 13.1. The van der Waals surface area contributed by atoms with Gasteiger partial charge in [0.1, 0.15) is 23.7 Å². The lowest BCUT2D eigenvalue weighted by Crippen LogP contribution is -2.49. The third kappa shape index (κ3) is 4.51. The maximum Gasteiger partial charge on any atom is 0.272 e. The van der Waals surface area contributed by atoms with E-state index < -0.39 is 0 Å². The molecule has 1 amide bonds. The van der Waals surface area contributed by atoms with Gasteiger partial charge in [0, 0.05) is 43.6 Å². The van der Waals surface area contributed by atoms with Crippen molar-refractivity contribution in [1.29, 1.82) is 0 Å². The van der Waals surface area contributed by atoms with Crippen LogP contribution in [0.5, 0.6) is 0 Å². The topological polar surface area (TPSA) is 61.4 Å². The van der Waals surface area contributed by atoms with Crippen LogP contribution in [0.3, 0.4) is 0 Å². The van der Waals surface area contributed by atoms with Crippen molar-refractivity contribution in [3.8, 4) is 0 Å². The minimum atomic E-state index is -0.249. The zero-order valence-electron chi connectivity index (χ0n) is 16.2. The van der Waals surface area contributed by atoms with Crippen LogP contribution in [0, 0.1) is 12.7 Å². The molecule has 0 aliphatic carbocycles. The molecule has 1 aromatic heterocycles. The molecule has 7 heteroatoms. The van der Waals surface area contributed by atoms with Crippen molar-refractivity contribution >= 4 is 23.1 Å². The molecule has 29 heavy (non-hydrogen) atoms. The third-order valence-corrected chi connectivity index (χ3v) is 4.97. The minimum Gasteiger partial charge on any atom is -0.368 e. The zero-order chi connectivity index (χ0) is 20.2. The number of hydrogen-bond acceptors (Lipinski definition) is 5. The first-order chi connectivity index (χ1) is 14.1. The van der Waals surface area contributed by atoms with Gasteiger partial charge in [-0.15, -0.1) is 0 Å². The number of aromatic nitrogens is 2. The number of nitrogens with zero attached hydrogens (tertiary/aromatic N) is 4. The molecule has 0 radical (unpaired) electrons. The minimum absolute atomic E-state index is 0.113. The average Bonchev–Trinajstić information content (AvgIpc) is 2.76. The molecule has 2 heterocycles. The van der Waals surface area contributed by atoms with Crippen LogP contribution in [-0.4, -0.2) is 47.0 Å². The molecule has 1 aliphatic heterocycles. The Morgan fingerprint density at radius 3 is 2.34 bits per heavy atom. The normalized spacial score (nSPS) is 14.0. The van der Waals surface area contributed by atoms with Gasteiger partial charge >= 0.3 is 0 Å². The summed E-state index contributed by atoms with van der Waals surface area (Å²) in [7, 11) is 0. The van der Waals surface area contributed by atoms with Crippen molar-refractivity contribution in [2.24, 2.45) is 0 Å². The molecule has 0 saturated carbocycles. The van der Waals surface area contributed by atoms with Crippen molar-refractivity contribution in [1.82, 2.24) is 14.9 Å². The van der Waals surface area contributed by atoms with E-state index in [0.29, 0.717) is 37.7 Å². The number of carbonyl (C=O) groups is 1. The van der Waals surface area contributed by atoms with Crippen LogP contribution in [-0.2, 0) is 0 Å². The fraction of sp³-hybridized carbons (Fsp3) is 0.227. The molecule has 1 saturated heterocycles. The van der Waals surface area contributed by atoms with Crippen LogP contribution >= 0.6 is 0 Å². The number of halogens is 1. The number of amides is 1. The van der Waals surface area contributed by atoms with Crippen molar-refractivity contribution in [2.75, 3.05) is 36.4 Å². The highest BCUT2D eigenvalue weighted by Crippen LogP contribution is 2.19. The number of carbonyl (C=O) groups excluding carboxylic acids is 1. The van der Waals surface area contributed by atoms with E-state index in [1.807, 2.05) is 31.2 Å². The van der Waals surface area contributed by atoms with E-state index >= 15 is 0 Å². The number of anilines is 3. The van der Waals surface area contributed by atoms with Gasteiger partial charge in [-0.2, -0.15) is 0 Å². The quantitative estimate of drug-likeness (QED) is 0.736. The summed E-state index contributed by atoms with van der Waals surface area (Å²) in [4.78, 5) is 25.2. The molecule has 6 nitrogen and oxygen atoms in total. The van der Waals surface area contributed by atoms with E-state index in [4.69, 9.17) is 0 Å². The van der Waals surface area contributed by atoms with Gasteiger partial charge in [-0.05, 0) is 43.3 Å². The molecule has 0 bridgehead atoms. The highest BCUT2D eigenvalue weighted by molar-refractivity contribution is 5.93. The van der Waals surface area contributed by atoms with Crippen molar-refractivity contribution in [3.05, 3.63) is 78.0 Å². The van der Waals surface area contributed by atoms with Crippen molar-refractivity contribution in [2.45, 2.75) is 6.92 Å². The second-order valence-electron chi connectivity index (χ2n) is 7.04. The van der Waals surface area contributed by atoms with Gasteiger partial charge < -0.3 is 15.1 Å². The Morgan fingerprint density at radius 1 is 0.966 bits per heavy atom. The number of rotatable bonds is 4.